The Hall–Kier alpha value is -2.14. The molecule has 1 saturated heterocycles. The Morgan fingerprint density at radius 2 is 1.85 bits per heavy atom. The summed E-state index contributed by atoms with van der Waals surface area (Å²) in [6.07, 6.45) is 3.67. The van der Waals surface area contributed by atoms with Gasteiger partial charge in [-0.3, -0.25) is 4.79 Å². The molecule has 0 aliphatic carbocycles. The highest BCUT2D eigenvalue weighted by Crippen LogP contribution is 2.19. The lowest BCUT2D eigenvalue weighted by atomic mass is 10.1. The number of carbonyl (C=O) groups excluding carboxylic acids is 1. The molecule has 4 nitrogen and oxygen atoms in total. The Morgan fingerprint density at radius 3 is 2.55 bits per heavy atom. The molecule has 0 bridgehead atoms. The van der Waals surface area contributed by atoms with E-state index >= 15 is 0 Å². The summed E-state index contributed by atoms with van der Waals surface area (Å²) in [5.41, 5.74) is 1.07. The molecule has 1 amide bonds. The zero-order chi connectivity index (χ0) is 13.9. The van der Waals surface area contributed by atoms with Gasteiger partial charge in [0.05, 0.1) is 24.5 Å². The van der Waals surface area contributed by atoms with Crippen LogP contribution in [-0.2, 0) is 4.74 Å². The molecule has 0 spiro atoms. The van der Waals surface area contributed by atoms with Crippen molar-refractivity contribution < 1.29 is 13.9 Å². The van der Waals surface area contributed by atoms with Gasteiger partial charge in [0.25, 0.3) is 5.91 Å². The van der Waals surface area contributed by atoms with Gasteiger partial charge in [-0.25, -0.2) is 4.39 Å². The molecule has 5 heteroatoms. The molecule has 2 heterocycles. The van der Waals surface area contributed by atoms with Gasteiger partial charge >= 0.3 is 0 Å². The maximum Gasteiger partial charge on any atom is 0.256 e. The van der Waals surface area contributed by atoms with Gasteiger partial charge in [0.2, 0.25) is 0 Å². The van der Waals surface area contributed by atoms with Gasteiger partial charge in [0, 0.05) is 25.5 Å². The third kappa shape index (κ3) is 2.44. The van der Waals surface area contributed by atoms with Crippen LogP contribution in [0.5, 0.6) is 0 Å². The molecule has 0 radical (unpaired) electrons. The topological polar surface area (TPSA) is 34.5 Å². The van der Waals surface area contributed by atoms with Crippen molar-refractivity contribution in [1.82, 2.24) is 9.47 Å². The molecule has 0 N–H and O–H groups in total. The van der Waals surface area contributed by atoms with E-state index in [0.29, 0.717) is 37.6 Å². The van der Waals surface area contributed by atoms with Crippen molar-refractivity contribution >= 4 is 5.91 Å². The first-order chi connectivity index (χ1) is 9.75. The summed E-state index contributed by atoms with van der Waals surface area (Å²) < 4.78 is 20.6. The fraction of sp³-hybridized carbons (Fsp3) is 0.267. The number of ether oxygens (including phenoxy) is 1. The molecule has 0 saturated carbocycles. The van der Waals surface area contributed by atoms with Crippen molar-refractivity contribution in [2.24, 2.45) is 0 Å². The zero-order valence-electron chi connectivity index (χ0n) is 11.0. The molecule has 0 unspecified atom stereocenters. The van der Waals surface area contributed by atoms with Crippen molar-refractivity contribution in [3.05, 3.63) is 54.1 Å². The molecule has 3 rings (SSSR count). The first-order valence-corrected chi connectivity index (χ1v) is 6.55. The third-order valence-electron chi connectivity index (χ3n) is 3.37. The second kappa shape index (κ2) is 5.46. The van der Waals surface area contributed by atoms with E-state index in [1.165, 1.54) is 12.1 Å². The summed E-state index contributed by atoms with van der Waals surface area (Å²) >= 11 is 0. The average Bonchev–Trinajstić information content (AvgIpc) is 3.01. The number of benzene rings is 1. The Balaban J connectivity index is 1.98. The molecule has 2 aromatic rings. The van der Waals surface area contributed by atoms with Crippen molar-refractivity contribution in [3.8, 4) is 5.69 Å². The van der Waals surface area contributed by atoms with Crippen molar-refractivity contribution in [1.29, 1.82) is 0 Å². The van der Waals surface area contributed by atoms with Gasteiger partial charge in [-0.1, -0.05) is 0 Å². The van der Waals surface area contributed by atoms with E-state index in [2.05, 4.69) is 0 Å². The number of halogens is 1. The average molecular weight is 274 g/mol. The second-order valence-electron chi connectivity index (χ2n) is 4.66. The number of nitrogens with zero attached hydrogens (tertiary/aromatic N) is 2. The van der Waals surface area contributed by atoms with Gasteiger partial charge in [-0.15, -0.1) is 0 Å². The Labute approximate surface area is 116 Å². The molecule has 1 aromatic carbocycles. The summed E-state index contributed by atoms with van der Waals surface area (Å²) in [6, 6.07) is 8.03. The number of hydrogen-bond acceptors (Lipinski definition) is 2. The number of hydrogen-bond donors (Lipinski definition) is 0. The molecule has 1 fully saturated rings. The number of aromatic nitrogens is 1. The first-order valence-electron chi connectivity index (χ1n) is 6.55. The predicted molar refractivity (Wildman–Crippen MR) is 72.4 cm³/mol. The van der Waals surface area contributed by atoms with Crippen LogP contribution in [0, 0.1) is 5.82 Å². The second-order valence-corrected chi connectivity index (χ2v) is 4.66. The van der Waals surface area contributed by atoms with Gasteiger partial charge in [-0.05, 0) is 30.3 Å². The maximum atomic E-state index is 13.5. The number of rotatable bonds is 2. The van der Waals surface area contributed by atoms with Crippen molar-refractivity contribution in [2.75, 3.05) is 26.3 Å². The number of amides is 1. The lowest BCUT2D eigenvalue weighted by Gasteiger charge is -2.27. The van der Waals surface area contributed by atoms with Crippen molar-refractivity contribution in [3.63, 3.8) is 0 Å². The van der Waals surface area contributed by atoms with Gasteiger partial charge in [0.1, 0.15) is 5.82 Å². The maximum absolute atomic E-state index is 13.5. The highest BCUT2D eigenvalue weighted by molar-refractivity contribution is 5.97. The van der Waals surface area contributed by atoms with E-state index in [0.717, 1.165) is 0 Å². The summed E-state index contributed by atoms with van der Waals surface area (Å²) in [5.74, 6) is -0.561. The molecule has 104 valence electrons. The predicted octanol–water partition coefficient (Wildman–Crippen LogP) is 2.09. The van der Waals surface area contributed by atoms with E-state index < -0.39 is 5.82 Å². The van der Waals surface area contributed by atoms with Gasteiger partial charge in [0.15, 0.2) is 0 Å². The summed E-state index contributed by atoms with van der Waals surface area (Å²) in [5, 5.41) is 0. The Bertz CT molecular complexity index is 604. The summed E-state index contributed by atoms with van der Waals surface area (Å²) in [7, 11) is 0. The van der Waals surface area contributed by atoms with Crippen LogP contribution < -0.4 is 0 Å². The van der Waals surface area contributed by atoms with Crippen LogP contribution in [0.4, 0.5) is 4.39 Å². The van der Waals surface area contributed by atoms with E-state index in [-0.39, 0.29) is 5.91 Å². The van der Waals surface area contributed by atoms with E-state index in [9.17, 15) is 9.18 Å². The monoisotopic (exact) mass is 274 g/mol. The van der Waals surface area contributed by atoms with Crippen LogP contribution in [-0.4, -0.2) is 41.7 Å². The first kappa shape index (κ1) is 12.9. The molecule has 1 aliphatic heterocycles. The van der Waals surface area contributed by atoms with E-state index in [4.69, 9.17) is 4.74 Å². The highest BCUT2D eigenvalue weighted by Gasteiger charge is 2.22. The number of morpholine rings is 1. The largest absolute Gasteiger partial charge is 0.378 e. The molecule has 1 aliphatic rings. The fourth-order valence-corrected chi connectivity index (χ4v) is 2.34. The van der Waals surface area contributed by atoms with Crippen LogP contribution >= 0.6 is 0 Å². The molecular weight excluding hydrogens is 259 g/mol. The zero-order valence-corrected chi connectivity index (χ0v) is 11.0. The molecular formula is C15H15FN2O2. The van der Waals surface area contributed by atoms with Crippen LogP contribution in [0.3, 0.4) is 0 Å². The lowest BCUT2D eigenvalue weighted by molar-refractivity contribution is 0.0302. The van der Waals surface area contributed by atoms with Crippen LogP contribution in [0.25, 0.3) is 5.69 Å². The van der Waals surface area contributed by atoms with Crippen LogP contribution in [0.15, 0.2) is 42.7 Å². The molecule has 20 heavy (non-hydrogen) atoms. The van der Waals surface area contributed by atoms with Crippen molar-refractivity contribution in [2.45, 2.75) is 0 Å². The Morgan fingerprint density at radius 1 is 1.15 bits per heavy atom. The Kier molecular flexibility index (Phi) is 3.52. The molecule has 0 atom stereocenters. The smallest absolute Gasteiger partial charge is 0.256 e. The summed E-state index contributed by atoms with van der Waals surface area (Å²) in [6.45, 7) is 2.14. The SMILES string of the molecule is O=C(c1cc(F)ccc1-n1cccc1)N1CCOCC1. The minimum atomic E-state index is -0.405. The number of carbonyl (C=O) groups is 1. The summed E-state index contributed by atoms with van der Waals surface area (Å²) in [4.78, 5) is 14.3. The molecule has 1 aromatic heterocycles. The van der Waals surface area contributed by atoms with Gasteiger partial charge in [-0.2, -0.15) is 0 Å². The van der Waals surface area contributed by atoms with Crippen LogP contribution in [0.1, 0.15) is 10.4 Å². The fourth-order valence-electron chi connectivity index (χ4n) is 2.34. The van der Waals surface area contributed by atoms with E-state index in [1.807, 2.05) is 29.1 Å². The highest BCUT2D eigenvalue weighted by atomic mass is 19.1. The minimum absolute atomic E-state index is 0.156. The van der Waals surface area contributed by atoms with E-state index in [1.54, 1.807) is 11.0 Å². The quantitative estimate of drug-likeness (QED) is 0.840. The lowest BCUT2D eigenvalue weighted by Crippen LogP contribution is -2.41. The minimum Gasteiger partial charge on any atom is -0.378 e. The normalized spacial score (nSPS) is 15.3. The van der Waals surface area contributed by atoms with Gasteiger partial charge < -0.3 is 14.2 Å². The third-order valence-corrected chi connectivity index (χ3v) is 3.37. The standard InChI is InChI=1S/C15H15FN2O2/c16-12-3-4-14(17-5-1-2-6-17)13(11-12)15(19)18-7-9-20-10-8-18/h1-6,11H,7-10H2. The van der Waals surface area contributed by atoms with Crippen LogP contribution in [0.2, 0.25) is 0 Å².